The first-order chi connectivity index (χ1) is 9.60. The lowest BCUT2D eigenvalue weighted by molar-refractivity contribution is -0.116. The number of esters is 1. The number of methoxy groups -OCH3 is 1. The molecule has 1 heterocycles. The van der Waals surface area contributed by atoms with Crippen LogP contribution in [0.25, 0.3) is 0 Å². The molecule has 0 radical (unpaired) electrons. The van der Waals surface area contributed by atoms with E-state index in [1.807, 2.05) is 6.92 Å². The summed E-state index contributed by atoms with van der Waals surface area (Å²) in [4.78, 5) is 23.4. The highest BCUT2D eigenvalue weighted by Crippen LogP contribution is 2.18. The zero-order chi connectivity index (χ0) is 14.5. The molecule has 1 fully saturated rings. The van der Waals surface area contributed by atoms with Crippen molar-refractivity contribution in [2.75, 3.05) is 19.0 Å². The summed E-state index contributed by atoms with van der Waals surface area (Å²) in [6.45, 7) is 2.85. The van der Waals surface area contributed by atoms with E-state index in [0.717, 1.165) is 30.6 Å². The van der Waals surface area contributed by atoms with Crippen LogP contribution in [0.5, 0.6) is 0 Å². The smallest absolute Gasteiger partial charge is 0.337 e. The van der Waals surface area contributed by atoms with E-state index < -0.39 is 0 Å². The molecule has 1 aliphatic rings. The number of nitrogens with one attached hydrogen (secondary N) is 2. The van der Waals surface area contributed by atoms with Crippen LogP contribution in [0.15, 0.2) is 18.2 Å². The number of carbonyl (C=O) groups is 2. The van der Waals surface area contributed by atoms with Crippen LogP contribution in [0, 0.1) is 6.92 Å². The maximum Gasteiger partial charge on any atom is 0.337 e. The summed E-state index contributed by atoms with van der Waals surface area (Å²) in [6.07, 6.45) is 2.66. The summed E-state index contributed by atoms with van der Waals surface area (Å²) < 4.78 is 4.67. The number of carbonyl (C=O) groups excluding carboxylic acids is 2. The summed E-state index contributed by atoms with van der Waals surface area (Å²) >= 11 is 0. The van der Waals surface area contributed by atoms with Crippen molar-refractivity contribution in [1.82, 2.24) is 5.32 Å². The van der Waals surface area contributed by atoms with Crippen molar-refractivity contribution in [2.45, 2.75) is 32.2 Å². The highest BCUT2D eigenvalue weighted by Gasteiger charge is 2.18. The van der Waals surface area contributed by atoms with Crippen LogP contribution in [-0.4, -0.2) is 31.6 Å². The average Bonchev–Trinajstić information content (AvgIpc) is 2.93. The monoisotopic (exact) mass is 276 g/mol. The maximum atomic E-state index is 12.0. The fourth-order valence-electron chi connectivity index (χ4n) is 2.40. The van der Waals surface area contributed by atoms with Gasteiger partial charge < -0.3 is 15.4 Å². The number of rotatable bonds is 4. The second kappa shape index (κ2) is 6.52. The minimum Gasteiger partial charge on any atom is -0.465 e. The Bertz CT molecular complexity index is 508. The Morgan fingerprint density at radius 1 is 1.45 bits per heavy atom. The van der Waals surface area contributed by atoms with Gasteiger partial charge in [0.05, 0.1) is 12.7 Å². The molecule has 0 aliphatic carbocycles. The molecule has 0 bridgehead atoms. The van der Waals surface area contributed by atoms with Crippen LogP contribution in [-0.2, 0) is 9.53 Å². The molecule has 0 aromatic heterocycles. The van der Waals surface area contributed by atoms with Crippen molar-refractivity contribution >= 4 is 17.6 Å². The molecule has 5 nitrogen and oxygen atoms in total. The predicted molar refractivity (Wildman–Crippen MR) is 76.8 cm³/mol. The molecule has 1 aromatic rings. The number of hydrogen-bond donors (Lipinski definition) is 2. The first-order valence-electron chi connectivity index (χ1n) is 6.82. The van der Waals surface area contributed by atoms with Gasteiger partial charge >= 0.3 is 5.97 Å². The van der Waals surface area contributed by atoms with E-state index in [0.29, 0.717) is 12.0 Å². The van der Waals surface area contributed by atoms with Crippen molar-refractivity contribution in [3.8, 4) is 0 Å². The first-order valence-corrected chi connectivity index (χ1v) is 6.82. The average molecular weight is 276 g/mol. The molecule has 1 unspecified atom stereocenters. The van der Waals surface area contributed by atoms with E-state index in [4.69, 9.17) is 0 Å². The van der Waals surface area contributed by atoms with E-state index in [-0.39, 0.29) is 17.9 Å². The molecule has 5 heteroatoms. The fraction of sp³-hybridized carbons (Fsp3) is 0.467. The fourth-order valence-corrected chi connectivity index (χ4v) is 2.40. The zero-order valence-electron chi connectivity index (χ0n) is 11.9. The summed E-state index contributed by atoms with van der Waals surface area (Å²) in [5.74, 6) is -0.376. The summed E-state index contributed by atoms with van der Waals surface area (Å²) in [5, 5.41) is 6.19. The minimum atomic E-state index is -0.374. The largest absolute Gasteiger partial charge is 0.465 e. The Balaban J connectivity index is 1.98. The SMILES string of the molecule is COC(=O)c1ccc(NC(=O)CC2CCCN2)c(C)c1. The number of benzene rings is 1. The minimum absolute atomic E-state index is 0.00156. The van der Waals surface area contributed by atoms with Gasteiger partial charge in [-0.15, -0.1) is 0 Å². The molecule has 1 aliphatic heterocycles. The van der Waals surface area contributed by atoms with E-state index in [1.54, 1.807) is 18.2 Å². The van der Waals surface area contributed by atoms with Gasteiger partial charge in [0.25, 0.3) is 0 Å². The van der Waals surface area contributed by atoms with Gasteiger partial charge in [-0.25, -0.2) is 4.79 Å². The summed E-state index contributed by atoms with van der Waals surface area (Å²) in [6, 6.07) is 5.39. The molecule has 20 heavy (non-hydrogen) atoms. The number of ether oxygens (including phenoxy) is 1. The van der Waals surface area contributed by atoms with Gasteiger partial charge in [-0.05, 0) is 50.1 Å². The molecule has 1 saturated heterocycles. The Kier molecular flexibility index (Phi) is 4.74. The van der Waals surface area contributed by atoms with Crippen LogP contribution in [0.1, 0.15) is 35.2 Å². The molecule has 1 aromatic carbocycles. The lowest BCUT2D eigenvalue weighted by Gasteiger charge is -2.12. The summed E-state index contributed by atoms with van der Waals surface area (Å²) in [7, 11) is 1.35. The number of hydrogen-bond acceptors (Lipinski definition) is 4. The van der Waals surface area contributed by atoms with E-state index >= 15 is 0 Å². The third-order valence-corrected chi connectivity index (χ3v) is 3.52. The van der Waals surface area contributed by atoms with Gasteiger partial charge in [0, 0.05) is 18.2 Å². The van der Waals surface area contributed by atoms with Crippen LogP contribution in [0.4, 0.5) is 5.69 Å². The van der Waals surface area contributed by atoms with E-state index in [2.05, 4.69) is 15.4 Å². The lowest BCUT2D eigenvalue weighted by atomic mass is 10.1. The molecular weight excluding hydrogens is 256 g/mol. The van der Waals surface area contributed by atoms with E-state index in [1.165, 1.54) is 7.11 Å². The summed E-state index contributed by atoms with van der Waals surface area (Å²) in [5.41, 5.74) is 2.07. The number of anilines is 1. The Morgan fingerprint density at radius 3 is 2.85 bits per heavy atom. The van der Waals surface area contributed by atoms with E-state index in [9.17, 15) is 9.59 Å². The van der Waals surface area contributed by atoms with Crippen molar-refractivity contribution in [3.63, 3.8) is 0 Å². The Hall–Kier alpha value is -1.88. The zero-order valence-corrected chi connectivity index (χ0v) is 11.9. The molecule has 1 amide bonds. The predicted octanol–water partition coefficient (Wildman–Crippen LogP) is 1.86. The van der Waals surface area contributed by atoms with Crippen molar-refractivity contribution in [1.29, 1.82) is 0 Å². The van der Waals surface area contributed by atoms with Crippen molar-refractivity contribution in [2.24, 2.45) is 0 Å². The van der Waals surface area contributed by atoms with Crippen LogP contribution < -0.4 is 10.6 Å². The second-order valence-electron chi connectivity index (χ2n) is 5.07. The Morgan fingerprint density at radius 2 is 2.25 bits per heavy atom. The number of amides is 1. The van der Waals surface area contributed by atoms with Gasteiger partial charge in [0.15, 0.2) is 0 Å². The maximum absolute atomic E-state index is 12.0. The van der Waals surface area contributed by atoms with Crippen LogP contribution in [0.3, 0.4) is 0 Å². The topological polar surface area (TPSA) is 67.4 Å². The van der Waals surface area contributed by atoms with Gasteiger partial charge in [-0.1, -0.05) is 0 Å². The first kappa shape index (κ1) is 14.5. The molecule has 2 rings (SSSR count). The van der Waals surface area contributed by atoms with Crippen LogP contribution >= 0.6 is 0 Å². The molecular formula is C15H20N2O3. The van der Waals surface area contributed by atoms with Gasteiger partial charge in [0.2, 0.25) is 5.91 Å². The second-order valence-corrected chi connectivity index (χ2v) is 5.07. The lowest BCUT2D eigenvalue weighted by Crippen LogP contribution is -2.27. The van der Waals surface area contributed by atoms with Gasteiger partial charge in [0.1, 0.15) is 0 Å². The van der Waals surface area contributed by atoms with Crippen molar-refractivity contribution in [3.05, 3.63) is 29.3 Å². The number of aryl methyl sites for hydroxylation is 1. The quantitative estimate of drug-likeness (QED) is 0.824. The highest BCUT2D eigenvalue weighted by atomic mass is 16.5. The third-order valence-electron chi connectivity index (χ3n) is 3.52. The van der Waals surface area contributed by atoms with Gasteiger partial charge in [-0.3, -0.25) is 4.79 Å². The molecule has 1 atom stereocenters. The van der Waals surface area contributed by atoms with Crippen molar-refractivity contribution < 1.29 is 14.3 Å². The molecule has 2 N–H and O–H groups in total. The molecule has 0 saturated carbocycles. The third kappa shape index (κ3) is 3.57. The normalized spacial score (nSPS) is 17.8. The highest BCUT2D eigenvalue weighted by molar-refractivity contribution is 5.94. The Labute approximate surface area is 118 Å². The van der Waals surface area contributed by atoms with Crippen LogP contribution in [0.2, 0.25) is 0 Å². The molecule has 108 valence electrons. The molecule has 0 spiro atoms. The van der Waals surface area contributed by atoms with Gasteiger partial charge in [-0.2, -0.15) is 0 Å². The standard InChI is InChI=1S/C15H20N2O3/c1-10-8-11(15(19)20-2)5-6-13(10)17-14(18)9-12-4-3-7-16-12/h5-6,8,12,16H,3-4,7,9H2,1-2H3,(H,17,18).